The first kappa shape index (κ1) is 33.7. The minimum absolute atomic E-state index is 0.0218. The van der Waals surface area contributed by atoms with Crippen molar-refractivity contribution in [2.75, 3.05) is 19.7 Å². The number of rotatable bonds is 10. The van der Waals surface area contributed by atoms with Gasteiger partial charge >= 0.3 is 18.4 Å². The van der Waals surface area contributed by atoms with Crippen molar-refractivity contribution < 1.29 is 41.9 Å². The van der Waals surface area contributed by atoms with E-state index in [0.717, 1.165) is 38.2 Å². The molecule has 3 rings (SSSR count). The molecule has 0 bridgehead atoms. The fourth-order valence-corrected chi connectivity index (χ4v) is 4.61. The normalized spacial score (nSPS) is 16.2. The maximum atomic E-state index is 13.9. The molecule has 14 heteroatoms. The van der Waals surface area contributed by atoms with Crippen LogP contribution >= 0.6 is 0 Å². The number of halogens is 3. The van der Waals surface area contributed by atoms with Gasteiger partial charge in [0.25, 0.3) is 0 Å². The standard InChI is InChI=1S/C29H40F3N5O6/c1-5-6-7-8-9-10-16-41-22-14-13-19(17-21(22)29(30,31)32)23-33-24(43-36-23)20-12-11-15-37(18-20)25(34-26(38)39)35-27(40)42-28(2,3)4/h13-14,17,20H,5-12,15-16,18H2,1-4H3,(H,38,39)(H,34,35,40)/t20-/m1/s1. The summed E-state index contributed by atoms with van der Waals surface area (Å²) in [7, 11) is 0. The second-order valence-electron chi connectivity index (χ2n) is 11.4. The number of piperidine rings is 1. The molecule has 1 atom stereocenters. The zero-order chi connectivity index (χ0) is 31.6. The Balaban J connectivity index is 1.73. The van der Waals surface area contributed by atoms with Crippen LogP contribution in [0.4, 0.5) is 22.8 Å². The molecule has 0 spiro atoms. The third kappa shape index (κ3) is 10.7. The van der Waals surface area contributed by atoms with Gasteiger partial charge in [-0.25, -0.2) is 9.59 Å². The van der Waals surface area contributed by atoms with Crippen molar-refractivity contribution in [2.45, 2.75) is 96.8 Å². The highest BCUT2D eigenvalue weighted by atomic mass is 19.4. The van der Waals surface area contributed by atoms with Gasteiger partial charge in [0.2, 0.25) is 17.7 Å². The number of hydrogen-bond acceptors (Lipinski definition) is 7. The van der Waals surface area contributed by atoms with E-state index in [2.05, 4.69) is 27.4 Å². The summed E-state index contributed by atoms with van der Waals surface area (Å²) in [5.74, 6) is -0.705. The number of amides is 2. The van der Waals surface area contributed by atoms with Crippen molar-refractivity contribution in [1.29, 1.82) is 0 Å². The van der Waals surface area contributed by atoms with E-state index in [1.165, 1.54) is 12.1 Å². The Kier molecular flexibility index (Phi) is 11.8. The molecular formula is C29H40F3N5O6. The molecule has 1 aromatic heterocycles. The van der Waals surface area contributed by atoms with Gasteiger partial charge in [0, 0.05) is 18.7 Å². The third-order valence-corrected chi connectivity index (χ3v) is 6.62. The molecule has 1 fully saturated rings. The highest BCUT2D eigenvalue weighted by Crippen LogP contribution is 2.39. The smallest absolute Gasteiger partial charge is 0.437 e. The maximum absolute atomic E-state index is 13.9. The summed E-state index contributed by atoms with van der Waals surface area (Å²) in [5.41, 5.74) is -1.64. The average Bonchev–Trinajstić information content (AvgIpc) is 3.41. The number of aromatic nitrogens is 2. The quantitative estimate of drug-likeness (QED) is 0.162. The number of likely N-dealkylation sites (tertiary alicyclic amines) is 1. The van der Waals surface area contributed by atoms with Crippen molar-refractivity contribution in [3.05, 3.63) is 29.7 Å². The molecule has 11 nitrogen and oxygen atoms in total. The molecule has 2 aromatic rings. The van der Waals surface area contributed by atoms with Crippen molar-refractivity contribution in [1.82, 2.24) is 20.4 Å². The zero-order valence-electron chi connectivity index (χ0n) is 25.0. The largest absolute Gasteiger partial charge is 0.493 e. The number of unbranched alkanes of at least 4 members (excludes halogenated alkanes) is 5. The summed E-state index contributed by atoms with van der Waals surface area (Å²) in [4.78, 5) is 33.3. The fourth-order valence-electron chi connectivity index (χ4n) is 4.61. The predicted molar refractivity (Wildman–Crippen MR) is 152 cm³/mol. The lowest BCUT2D eigenvalue weighted by atomic mass is 9.98. The number of carbonyl (C=O) groups is 2. The Bertz CT molecular complexity index is 1260. The zero-order valence-corrected chi connectivity index (χ0v) is 25.0. The van der Waals surface area contributed by atoms with E-state index in [1.807, 2.05) is 0 Å². The van der Waals surface area contributed by atoms with E-state index in [4.69, 9.17) is 14.0 Å². The van der Waals surface area contributed by atoms with Gasteiger partial charge in [0.1, 0.15) is 11.4 Å². The van der Waals surface area contributed by atoms with Crippen LogP contribution in [0.1, 0.15) is 96.4 Å². The second-order valence-corrected chi connectivity index (χ2v) is 11.4. The lowest BCUT2D eigenvalue weighted by Crippen LogP contribution is -2.48. The van der Waals surface area contributed by atoms with Crippen molar-refractivity contribution >= 4 is 18.1 Å². The van der Waals surface area contributed by atoms with Crippen LogP contribution in [0.25, 0.3) is 11.4 Å². The molecule has 1 saturated heterocycles. The molecule has 1 aliphatic rings. The molecule has 43 heavy (non-hydrogen) atoms. The summed E-state index contributed by atoms with van der Waals surface area (Å²) in [6.07, 6.45) is 0.0826. The number of alkyl halides is 3. The van der Waals surface area contributed by atoms with Crippen LogP contribution in [0.3, 0.4) is 0 Å². The summed E-state index contributed by atoms with van der Waals surface area (Å²) < 4.78 is 57.8. The van der Waals surface area contributed by atoms with Gasteiger partial charge in [-0.05, 0) is 58.2 Å². The van der Waals surface area contributed by atoms with E-state index in [0.29, 0.717) is 25.8 Å². The van der Waals surface area contributed by atoms with Crippen LogP contribution in [0.15, 0.2) is 27.7 Å². The van der Waals surface area contributed by atoms with Crippen molar-refractivity contribution in [2.24, 2.45) is 4.99 Å². The number of carboxylic acid groups (broad SMARTS) is 1. The van der Waals surface area contributed by atoms with Gasteiger partial charge in [-0.1, -0.05) is 44.2 Å². The van der Waals surface area contributed by atoms with E-state index < -0.39 is 35.4 Å². The van der Waals surface area contributed by atoms with Gasteiger partial charge in [-0.2, -0.15) is 18.2 Å². The van der Waals surface area contributed by atoms with Gasteiger partial charge in [0.15, 0.2) is 0 Å². The highest BCUT2D eigenvalue weighted by Gasteiger charge is 2.35. The molecule has 1 aliphatic heterocycles. The van der Waals surface area contributed by atoms with Crippen LogP contribution in [0, 0.1) is 0 Å². The van der Waals surface area contributed by atoms with Gasteiger partial charge in [-0.15, -0.1) is 4.99 Å². The summed E-state index contributed by atoms with van der Waals surface area (Å²) in [5, 5.41) is 15.3. The van der Waals surface area contributed by atoms with E-state index in [1.54, 1.807) is 25.7 Å². The summed E-state index contributed by atoms with van der Waals surface area (Å²) >= 11 is 0. The summed E-state index contributed by atoms with van der Waals surface area (Å²) in [6, 6.07) is 3.67. The molecule has 0 aliphatic carbocycles. The van der Waals surface area contributed by atoms with Crippen LogP contribution in [-0.2, 0) is 10.9 Å². The van der Waals surface area contributed by atoms with Crippen molar-refractivity contribution in [3.63, 3.8) is 0 Å². The topological polar surface area (TPSA) is 139 Å². The van der Waals surface area contributed by atoms with Crippen molar-refractivity contribution in [3.8, 4) is 17.1 Å². The Labute approximate surface area is 248 Å². The molecule has 2 N–H and O–H groups in total. The molecule has 238 valence electrons. The molecule has 2 heterocycles. The number of ether oxygens (including phenoxy) is 2. The number of benzene rings is 1. The molecule has 1 aromatic carbocycles. The molecule has 2 amide bonds. The first-order valence-electron chi connectivity index (χ1n) is 14.5. The van der Waals surface area contributed by atoms with Crippen LogP contribution in [0.2, 0.25) is 0 Å². The van der Waals surface area contributed by atoms with E-state index in [-0.39, 0.29) is 42.1 Å². The lowest BCUT2D eigenvalue weighted by Gasteiger charge is -2.32. The van der Waals surface area contributed by atoms with Gasteiger partial charge < -0.3 is 24.0 Å². The Morgan fingerprint density at radius 1 is 1.16 bits per heavy atom. The van der Waals surface area contributed by atoms with Gasteiger partial charge in [0.05, 0.1) is 18.1 Å². The Morgan fingerprint density at radius 2 is 1.88 bits per heavy atom. The first-order chi connectivity index (χ1) is 20.3. The number of nitrogens with one attached hydrogen (secondary N) is 1. The number of aliphatic imine (C=N–C) groups is 1. The number of hydrogen-bond donors (Lipinski definition) is 2. The molecule has 0 radical (unpaired) electrons. The predicted octanol–water partition coefficient (Wildman–Crippen LogP) is 7.23. The van der Waals surface area contributed by atoms with Crippen LogP contribution < -0.4 is 10.1 Å². The van der Waals surface area contributed by atoms with Crippen LogP contribution in [-0.4, -0.2) is 63.6 Å². The number of nitrogens with zero attached hydrogens (tertiary/aromatic N) is 4. The monoisotopic (exact) mass is 611 g/mol. The average molecular weight is 612 g/mol. The minimum atomic E-state index is -4.65. The molecule has 0 saturated carbocycles. The van der Waals surface area contributed by atoms with Gasteiger partial charge in [-0.3, -0.25) is 5.32 Å². The molecule has 0 unspecified atom stereocenters. The Morgan fingerprint density at radius 3 is 2.56 bits per heavy atom. The summed E-state index contributed by atoms with van der Waals surface area (Å²) in [6.45, 7) is 7.83. The highest BCUT2D eigenvalue weighted by molar-refractivity contribution is 5.98. The lowest BCUT2D eigenvalue weighted by molar-refractivity contribution is -0.138. The van der Waals surface area contributed by atoms with E-state index in [9.17, 15) is 27.9 Å². The third-order valence-electron chi connectivity index (χ3n) is 6.62. The maximum Gasteiger partial charge on any atom is 0.437 e. The molecular weight excluding hydrogens is 571 g/mol. The SMILES string of the molecule is CCCCCCCCOc1ccc(-c2noc([C@@H]3CCCN(C(=NC(=O)OC(C)(C)C)NC(=O)O)C3)n2)cc1C(F)(F)F. The van der Waals surface area contributed by atoms with Crippen LogP contribution in [0.5, 0.6) is 5.75 Å². The minimum Gasteiger partial charge on any atom is -0.493 e. The first-order valence-corrected chi connectivity index (χ1v) is 14.5. The number of guanidine groups is 1. The fraction of sp³-hybridized carbons (Fsp3) is 0.621. The van der Waals surface area contributed by atoms with E-state index >= 15 is 0 Å². The second kappa shape index (κ2) is 15.1. The number of carbonyl (C=O) groups excluding carboxylic acids is 1. The Hall–Kier alpha value is -3.84.